The number of alkyl halides is 1. The van der Waals surface area contributed by atoms with Crippen LogP contribution in [0.3, 0.4) is 0 Å². The number of thiophene rings is 1. The predicted octanol–water partition coefficient (Wildman–Crippen LogP) is 4.16. The summed E-state index contributed by atoms with van der Waals surface area (Å²) in [4.78, 5) is 0. The second kappa shape index (κ2) is 3.48. The second-order valence-electron chi connectivity index (χ2n) is 2.66. The van der Waals surface area contributed by atoms with Gasteiger partial charge in [-0.3, -0.25) is 0 Å². The third kappa shape index (κ3) is 1.45. The lowest BCUT2D eigenvalue weighted by molar-refractivity contribution is 0.478. The molecule has 0 bridgehead atoms. The minimum Gasteiger partial charge on any atom is -0.506 e. The van der Waals surface area contributed by atoms with Crippen molar-refractivity contribution in [2.45, 2.75) is 5.33 Å². The smallest absolute Gasteiger partial charge is 0.138 e. The molecule has 0 saturated heterocycles. The van der Waals surface area contributed by atoms with Crippen LogP contribution in [0.4, 0.5) is 0 Å². The van der Waals surface area contributed by atoms with Crippen molar-refractivity contribution in [3.05, 3.63) is 28.1 Å². The molecule has 0 aliphatic heterocycles. The summed E-state index contributed by atoms with van der Waals surface area (Å²) in [6.07, 6.45) is 0. The molecule has 1 heterocycles. The zero-order chi connectivity index (χ0) is 9.42. The van der Waals surface area contributed by atoms with Crippen LogP contribution in [0.2, 0.25) is 5.02 Å². The molecule has 2 rings (SSSR count). The number of hydrogen-bond donors (Lipinski definition) is 1. The number of fused-ring (bicyclic) bond motifs is 1. The molecule has 0 fully saturated rings. The van der Waals surface area contributed by atoms with Gasteiger partial charge >= 0.3 is 0 Å². The van der Waals surface area contributed by atoms with Crippen molar-refractivity contribution < 1.29 is 5.11 Å². The van der Waals surface area contributed by atoms with Gasteiger partial charge in [-0.05, 0) is 22.9 Å². The van der Waals surface area contributed by atoms with Crippen LogP contribution < -0.4 is 0 Å². The zero-order valence-corrected chi connectivity index (χ0v) is 9.71. The zero-order valence-electron chi connectivity index (χ0n) is 6.55. The van der Waals surface area contributed by atoms with Crippen molar-refractivity contribution in [2.24, 2.45) is 0 Å². The van der Waals surface area contributed by atoms with Crippen LogP contribution in [0.5, 0.6) is 5.75 Å². The molecule has 1 aromatic heterocycles. The van der Waals surface area contributed by atoms with E-state index < -0.39 is 0 Å². The van der Waals surface area contributed by atoms with Crippen molar-refractivity contribution in [3.8, 4) is 5.75 Å². The van der Waals surface area contributed by atoms with Crippen LogP contribution in [0.15, 0.2) is 17.5 Å². The van der Waals surface area contributed by atoms with Gasteiger partial charge in [-0.25, -0.2) is 0 Å². The van der Waals surface area contributed by atoms with Gasteiger partial charge in [0.25, 0.3) is 0 Å². The molecule has 0 saturated carbocycles. The predicted molar refractivity (Wildman–Crippen MR) is 61.1 cm³/mol. The summed E-state index contributed by atoms with van der Waals surface area (Å²) in [6, 6.07) is 3.83. The van der Waals surface area contributed by atoms with Crippen LogP contribution in [0, 0.1) is 0 Å². The molecule has 1 N–H and O–H groups in total. The molecule has 1 aromatic carbocycles. The van der Waals surface area contributed by atoms with E-state index in [1.54, 1.807) is 0 Å². The average Bonchev–Trinajstić information content (AvgIpc) is 2.53. The first kappa shape index (κ1) is 9.31. The minimum absolute atomic E-state index is 0.300. The summed E-state index contributed by atoms with van der Waals surface area (Å²) in [6.45, 7) is 0. The molecule has 1 nitrogen and oxygen atoms in total. The summed E-state index contributed by atoms with van der Waals surface area (Å²) in [5, 5.41) is 13.9. The SMILES string of the molecule is Oc1c(CBr)c(Cl)cc2ccsc12. The number of hydrogen-bond acceptors (Lipinski definition) is 2. The Kier molecular flexibility index (Phi) is 2.49. The first-order valence-electron chi connectivity index (χ1n) is 3.67. The monoisotopic (exact) mass is 276 g/mol. The Morgan fingerprint density at radius 3 is 3.00 bits per heavy atom. The van der Waals surface area contributed by atoms with E-state index in [1.165, 1.54) is 11.3 Å². The molecular weight excluding hydrogens is 272 g/mol. The van der Waals surface area contributed by atoms with Crippen molar-refractivity contribution in [1.29, 1.82) is 0 Å². The fourth-order valence-electron chi connectivity index (χ4n) is 1.23. The highest BCUT2D eigenvalue weighted by Crippen LogP contribution is 2.38. The minimum atomic E-state index is 0.300. The molecule has 13 heavy (non-hydrogen) atoms. The maximum absolute atomic E-state index is 9.82. The first-order valence-corrected chi connectivity index (χ1v) is 6.05. The van der Waals surface area contributed by atoms with E-state index in [4.69, 9.17) is 11.6 Å². The fourth-order valence-corrected chi connectivity index (χ4v) is 3.08. The Bertz CT molecular complexity index is 452. The normalized spacial score (nSPS) is 10.9. The first-order chi connectivity index (χ1) is 6.24. The van der Waals surface area contributed by atoms with Gasteiger partial charge in [0.05, 0.1) is 4.70 Å². The third-order valence-electron chi connectivity index (χ3n) is 1.90. The van der Waals surface area contributed by atoms with Crippen molar-refractivity contribution in [3.63, 3.8) is 0 Å². The summed E-state index contributed by atoms with van der Waals surface area (Å²) in [5.41, 5.74) is 0.761. The molecule has 2 aromatic rings. The number of aromatic hydroxyl groups is 1. The van der Waals surface area contributed by atoms with E-state index in [9.17, 15) is 5.11 Å². The molecular formula is C9H6BrClOS. The second-order valence-corrected chi connectivity index (χ2v) is 4.54. The highest BCUT2D eigenvalue weighted by Gasteiger charge is 2.10. The van der Waals surface area contributed by atoms with E-state index >= 15 is 0 Å². The van der Waals surface area contributed by atoms with Gasteiger partial charge in [0, 0.05) is 15.9 Å². The quantitative estimate of drug-likeness (QED) is 0.776. The van der Waals surface area contributed by atoms with Gasteiger partial charge in [-0.2, -0.15) is 0 Å². The number of halogens is 2. The van der Waals surface area contributed by atoms with E-state index in [0.717, 1.165) is 15.6 Å². The Morgan fingerprint density at radius 1 is 1.54 bits per heavy atom. The molecule has 0 spiro atoms. The van der Waals surface area contributed by atoms with Crippen LogP contribution >= 0.6 is 38.9 Å². The van der Waals surface area contributed by atoms with Gasteiger partial charge in [-0.1, -0.05) is 27.5 Å². The standard InChI is InChI=1S/C9H6BrClOS/c10-4-6-7(11)3-5-1-2-13-9(5)8(6)12/h1-3,12H,4H2. The number of phenolic OH excluding ortho intramolecular Hbond substituents is 1. The Balaban J connectivity index is 2.85. The Labute approximate surface area is 93.1 Å². The Morgan fingerprint density at radius 2 is 2.31 bits per heavy atom. The molecule has 0 aliphatic carbocycles. The van der Waals surface area contributed by atoms with Crippen LogP contribution in [-0.4, -0.2) is 5.11 Å². The highest BCUT2D eigenvalue weighted by atomic mass is 79.9. The molecule has 0 amide bonds. The Hall–Kier alpha value is -0.250. The largest absolute Gasteiger partial charge is 0.506 e. The van der Waals surface area contributed by atoms with Crippen molar-refractivity contribution in [1.82, 2.24) is 0 Å². The van der Waals surface area contributed by atoms with Crippen LogP contribution in [0.25, 0.3) is 10.1 Å². The number of rotatable bonds is 1. The molecule has 0 unspecified atom stereocenters. The summed E-state index contributed by atoms with van der Waals surface area (Å²) < 4.78 is 0.902. The molecule has 0 aliphatic rings. The van der Waals surface area contributed by atoms with Gasteiger partial charge in [0.2, 0.25) is 0 Å². The highest BCUT2D eigenvalue weighted by molar-refractivity contribution is 9.08. The van der Waals surface area contributed by atoms with Crippen molar-refractivity contribution in [2.75, 3.05) is 0 Å². The van der Waals surface area contributed by atoms with Gasteiger partial charge < -0.3 is 5.11 Å². The molecule has 68 valence electrons. The lowest BCUT2D eigenvalue weighted by Crippen LogP contribution is -1.81. The maximum Gasteiger partial charge on any atom is 0.138 e. The van der Waals surface area contributed by atoms with E-state index in [0.29, 0.717) is 16.1 Å². The summed E-state index contributed by atoms with van der Waals surface area (Å²) in [5.74, 6) is 0.300. The molecule has 4 heteroatoms. The van der Waals surface area contributed by atoms with Crippen LogP contribution in [-0.2, 0) is 5.33 Å². The van der Waals surface area contributed by atoms with Crippen LogP contribution in [0.1, 0.15) is 5.56 Å². The van der Waals surface area contributed by atoms with E-state index in [-0.39, 0.29) is 0 Å². The summed E-state index contributed by atoms with van der Waals surface area (Å²) in [7, 11) is 0. The van der Waals surface area contributed by atoms with E-state index in [2.05, 4.69) is 15.9 Å². The maximum atomic E-state index is 9.82. The molecule has 0 atom stereocenters. The topological polar surface area (TPSA) is 20.2 Å². The van der Waals surface area contributed by atoms with E-state index in [1.807, 2.05) is 17.5 Å². The van der Waals surface area contributed by atoms with Gasteiger partial charge in [0.1, 0.15) is 5.75 Å². The fraction of sp³-hybridized carbons (Fsp3) is 0.111. The lowest BCUT2D eigenvalue weighted by Gasteiger charge is -2.04. The van der Waals surface area contributed by atoms with Crippen molar-refractivity contribution >= 4 is 49.0 Å². The lowest BCUT2D eigenvalue weighted by atomic mass is 10.2. The molecule has 0 radical (unpaired) electrons. The number of phenols is 1. The third-order valence-corrected chi connectivity index (χ3v) is 3.74. The summed E-state index contributed by atoms with van der Waals surface area (Å²) >= 11 is 10.8. The van der Waals surface area contributed by atoms with Gasteiger partial charge in [0.15, 0.2) is 0 Å². The average molecular weight is 278 g/mol. The number of benzene rings is 1. The van der Waals surface area contributed by atoms with Gasteiger partial charge in [-0.15, -0.1) is 11.3 Å².